The van der Waals surface area contributed by atoms with Crippen LogP contribution in [0.5, 0.6) is 0 Å². The zero-order valence-electron chi connectivity index (χ0n) is 10.5. The molecule has 7 heteroatoms. The van der Waals surface area contributed by atoms with Gasteiger partial charge in [-0.1, -0.05) is 0 Å². The van der Waals surface area contributed by atoms with Crippen molar-refractivity contribution in [1.29, 1.82) is 0 Å². The average molecular weight is 309 g/mol. The molecule has 0 radical (unpaired) electrons. The highest BCUT2D eigenvalue weighted by Gasteiger charge is 2.34. The molecule has 1 fully saturated rings. The quantitative estimate of drug-likeness (QED) is 0.800. The van der Waals surface area contributed by atoms with E-state index in [0.717, 1.165) is 18.0 Å². The highest BCUT2D eigenvalue weighted by atomic mass is 35.5. The molecule has 2 rings (SSSR count). The van der Waals surface area contributed by atoms with Crippen LogP contribution in [-0.4, -0.2) is 50.3 Å². The summed E-state index contributed by atoms with van der Waals surface area (Å²) in [7, 11) is -1.39. The molecule has 1 aromatic heterocycles. The van der Waals surface area contributed by atoms with Gasteiger partial charge >= 0.3 is 0 Å². The number of piperazine rings is 1. The largest absolute Gasteiger partial charge is 0.303 e. The van der Waals surface area contributed by atoms with Crippen LogP contribution in [0.1, 0.15) is 11.8 Å². The van der Waals surface area contributed by atoms with Gasteiger partial charge in [-0.15, -0.1) is 22.9 Å². The Morgan fingerprint density at radius 2 is 2.22 bits per heavy atom. The van der Waals surface area contributed by atoms with E-state index >= 15 is 0 Å². The highest BCUT2D eigenvalue weighted by molar-refractivity contribution is 7.89. The standard InChI is InChI=1S/C11H17ClN2O2S2/c1-9-8-13(2)4-5-14(9)18(15,16)11-3-6-17-10(11)7-12/h3,6,9H,4-5,7-8H2,1-2H3. The second-order valence-corrected chi connectivity index (χ2v) is 7.70. The van der Waals surface area contributed by atoms with Crippen molar-refractivity contribution in [2.45, 2.75) is 23.7 Å². The molecule has 0 spiro atoms. The summed E-state index contributed by atoms with van der Waals surface area (Å²) in [6, 6.07) is 1.65. The molecule has 102 valence electrons. The van der Waals surface area contributed by atoms with Crippen molar-refractivity contribution < 1.29 is 8.42 Å². The van der Waals surface area contributed by atoms with Gasteiger partial charge < -0.3 is 4.90 Å². The highest BCUT2D eigenvalue weighted by Crippen LogP contribution is 2.28. The van der Waals surface area contributed by atoms with Crippen LogP contribution in [0.2, 0.25) is 0 Å². The van der Waals surface area contributed by atoms with Crippen molar-refractivity contribution >= 4 is 33.0 Å². The molecule has 1 atom stereocenters. The fraction of sp³-hybridized carbons (Fsp3) is 0.636. The molecule has 1 aliphatic heterocycles. The van der Waals surface area contributed by atoms with Gasteiger partial charge in [-0.2, -0.15) is 4.31 Å². The molecule has 0 N–H and O–H groups in total. The Labute approximate surface area is 117 Å². The van der Waals surface area contributed by atoms with E-state index in [9.17, 15) is 8.42 Å². The lowest BCUT2D eigenvalue weighted by atomic mass is 10.2. The minimum Gasteiger partial charge on any atom is -0.303 e. The smallest absolute Gasteiger partial charge is 0.244 e. The van der Waals surface area contributed by atoms with E-state index in [1.807, 2.05) is 14.0 Å². The van der Waals surface area contributed by atoms with E-state index in [2.05, 4.69) is 4.90 Å². The third kappa shape index (κ3) is 2.58. The van der Waals surface area contributed by atoms with Crippen LogP contribution in [0.4, 0.5) is 0 Å². The van der Waals surface area contributed by atoms with E-state index in [1.54, 1.807) is 15.8 Å². The molecule has 0 aromatic carbocycles. The van der Waals surface area contributed by atoms with Gasteiger partial charge in [0, 0.05) is 30.6 Å². The Hall–Kier alpha value is -0.140. The van der Waals surface area contributed by atoms with E-state index in [1.165, 1.54) is 11.3 Å². The van der Waals surface area contributed by atoms with Crippen LogP contribution < -0.4 is 0 Å². The number of thiophene rings is 1. The first-order chi connectivity index (χ1) is 8.46. The summed E-state index contributed by atoms with van der Waals surface area (Å²) >= 11 is 7.19. The van der Waals surface area contributed by atoms with Crippen LogP contribution in [-0.2, 0) is 15.9 Å². The van der Waals surface area contributed by atoms with Crippen molar-refractivity contribution in [2.24, 2.45) is 0 Å². The Morgan fingerprint density at radius 3 is 2.83 bits per heavy atom. The summed E-state index contributed by atoms with van der Waals surface area (Å²) in [6.45, 7) is 4.01. The SMILES string of the molecule is CC1CN(C)CCN1S(=O)(=O)c1ccsc1CCl. The van der Waals surface area contributed by atoms with Crippen LogP contribution in [0, 0.1) is 0 Å². The number of hydrogen-bond acceptors (Lipinski definition) is 4. The summed E-state index contributed by atoms with van der Waals surface area (Å²) in [5, 5.41) is 1.78. The Balaban J connectivity index is 2.31. The predicted molar refractivity (Wildman–Crippen MR) is 74.7 cm³/mol. The molecule has 0 aliphatic carbocycles. The number of alkyl halides is 1. The monoisotopic (exact) mass is 308 g/mol. The number of halogens is 1. The maximum Gasteiger partial charge on any atom is 0.244 e. The van der Waals surface area contributed by atoms with Crippen molar-refractivity contribution in [3.05, 3.63) is 16.3 Å². The number of likely N-dealkylation sites (N-methyl/N-ethyl adjacent to an activating group) is 1. The molecule has 1 saturated heterocycles. The van der Waals surface area contributed by atoms with Gasteiger partial charge in [-0.25, -0.2) is 8.42 Å². The fourth-order valence-corrected chi connectivity index (χ4v) is 5.55. The maximum absolute atomic E-state index is 12.6. The molecule has 0 amide bonds. The average Bonchev–Trinajstić information content (AvgIpc) is 2.76. The lowest BCUT2D eigenvalue weighted by Gasteiger charge is -2.37. The second-order valence-electron chi connectivity index (χ2n) is 4.57. The number of hydrogen-bond donors (Lipinski definition) is 0. The van der Waals surface area contributed by atoms with Crippen molar-refractivity contribution in [3.8, 4) is 0 Å². The van der Waals surface area contributed by atoms with E-state index in [4.69, 9.17) is 11.6 Å². The predicted octanol–water partition coefficient (Wildman–Crippen LogP) is 1.81. The van der Waals surface area contributed by atoms with Gasteiger partial charge in [0.2, 0.25) is 10.0 Å². The first-order valence-corrected chi connectivity index (χ1v) is 8.65. The molecule has 18 heavy (non-hydrogen) atoms. The van der Waals surface area contributed by atoms with Gasteiger partial charge in [0.1, 0.15) is 0 Å². The summed E-state index contributed by atoms with van der Waals surface area (Å²) < 4.78 is 26.8. The maximum atomic E-state index is 12.6. The molecule has 4 nitrogen and oxygen atoms in total. The first kappa shape index (κ1) is 14.3. The topological polar surface area (TPSA) is 40.6 Å². The molecule has 1 unspecified atom stereocenters. The zero-order chi connectivity index (χ0) is 13.3. The van der Waals surface area contributed by atoms with Crippen LogP contribution in [0.3, 0.4) is 0 Å². The first-order valence-electron chi connectivity index (χ1n) is 5.79. The lowest BCUT2D eigenvalue weighted by Crippen LogP contribution is -2.52. The number of sulfonamides is 1. The van der Waals surface area contributed by atoms with Gasteiger partial charge in [0.15, 0.2) is 0 Å². The molecule has 0 bridgehead atoms. The minimum atomic E-state index is -3.40. The molecule has 2 heterocycles. The second kappa shape index (κ2) is 5.46. The normalized spacial score (nSPS) is 23.4. The third-order valence-electron chi connectivity index (χ3n) is 3.18. The molecular formula is C11H17ClN2O2S2. The van der Waals surface area contributed by atoms with Gasteiger partial charge in [-0.05, 0) is 25.4 Å². The minimum absolute atomic E-state index is 0.00294. The Morgan fingerprint density at radius 1 is 1.50 bits per heavy atom. The van der Waals surface area contributed by atoms with Crippen LogP contribution in [0.25, 0.3) is 0 Å². The van der Waals surface area contributed by atoms with E-state index in [0.29, 0.717) is 11.4 Å². The van der Waals surface area contributed by atoms with Crippen LogP contribution in [0.15, 0.2) is 16.3 Å². The van der Waals surface area contributed by atoms with E-state index < -0.39 is 10.0 Å². The molecule has 0 saturated carbocycles. The van der Waals surface area contributed by atoms with Gasteiger partial charge in [0.05, 0.1) is 10.8 Å². The zero-order valence-corrected chi connectivity index (χ0v) is 12.9. The summed E-state index contributed by atoms with van der Waals surface area (Å²) in [4.78, 5) is 3.24. The van der Waals surface area contributed by atoms with Gasteiger partial charge in [0.25, 0.3) is 0 Å². The van der Waals surface area contributed by atoms with Crippen molar-refractivity contribution in [1.82, 2.24) is 9.21 Å². The van der Waals surface area contributed by atoms with Crippen molar-refractivity contribution in [3.63, 3.8) is 0 Å². The molecule has 1 aromatic rings. The summed E-state index contributed by atoms with van der Waals surface area (Å²) in [5.74, 6) is 0.244. The fourth-order valence-electron chi connectivity index (χ4n) is 2.26. The van der Waals surface area contributed by atoms with Crippen LogP contribution >= 0.6 is 22.9 Å². The summed E-state index contributed by atoms with van der Waals surface area (Å²) in [6.07, 6.45) is 0. The Kier molecular flexibility index (Phi) is 4.33. The molecule has 1 aliphatic rings. The van der Waals surface area contributed by atoms with E-state index in [-0.39, 0.29) is 11.9 Å². The van der Waals surface area contributed by atoms with Gasteiger partial charge in [-0.3, -0.25) is 0 Å². The number of nitrogens with zero attached hydrogens (tertiary/aromatic N) is 2. The lowest BCUT2D eigenvalue weighted by molar-refractivity contribution is 0.170. The third-order valence-corrected chi connectivity index (χ3v) is 6.76. The van der Waals surface area contributed by atoms with Crippen molar-refractivity contribution in [2.75, 3.05) is 26.7 Å². The number of rotatable bonds is 3. The summed E-state index contributed by atoms with van der Waals surface area (Å²) in [5.41, 5.74) is 0. The Bertz CT molecular complexity index is 515. The molecular weight excluding hydrogens is 292 g/mol.